The van der Waals surface area contributed by atoms with Gasteiger partial charge < -0.3 is 10.1 Å². The lowest BCUT2D eigenvalue weighted by molar-refractivity contribution is 0.393. The molecule has 4 nitrogen and oxygen atoms in total. The average Bonchev–Trinajstić information content (AvgIpc) is 2.88. The highest BCUT2D eigenvalue weighted by molar-refractivity contribution is 6.30. The molecule has 0 amide bonds. The highest BCUT2D eigenvalue weighted by Crippen LogP contribution is 2.28. The van der Waals surface area contributed by atoms with E-state index in [-0.39, 0.29) is 6.04 Å². The Morgan fingerprint density at radius 3 is 2.86 bits per heavy atom. The number of likely N-dealkylation sites (N-methyl/N-ethyl adjacent to an activating group) is 1. The number of nitrogens with one attached hydrogen (secondary N) is 1. The molecule has 0 saturated heterocycles. The maximum atomic E-state index is 6.07. The van der Waals surface area contributed by atoms with Crippen LogP contribution in [0.4, 0.5) is 0 Å². The number of methoxy groups -OCH3 is 1. The van der Waals surface area contributed by atoms with E-state index >= 15 is 0 Å². The molecule has 0 aliphatic carbocycles. The summed E-state index contributed by atoms with van der Waals surface area (Å²) < 4.78 is 7.49. The van der Waals surface area contributed by atoms with E-state index in [1.54, 1.807) is 13.3 Å². The third-order valence-corrected chi connectivity index (χ3v) is 3.74. The van der Waals surface area contributed by atoms with E-state index in [9.17, 15) is 0 Å². The average molecular weight is 308 g/mol. The van der Waals surface area contributed by atoms with E-state index in [1.165, 1.54) is 5.56 Å². The normalized spacial score (nSPS) is 12.4. The lowest BCUT2D eigenvalue weighted by atomic mass is 10.0. The monoisotopic (exact) mass is 307 g/mol. The molecule has 21 heavy (non-hydrogen) atoms. The van der Waals surface area contributed by atoms with Gasteiger partial charge in [0, 0.05) is 11.6 Å². The molecule has 0 aliphatic rings. The Morgan fingerprint density at radius 2 is 2.24 bits per heavy atom. The van der Waals surface area contributed by atoms with Crippen molar-refractivity contribution in [1.82, 2.24) is 15.1 Å². The maximum Gasteiger partial charge on any atom is 0.161 e. The van der Waals surface area contributed by atoms with E-state index in [1.807, 2.05) is 29.9 Å². The third kappa shape index (κ3) is 3.77. The topological polar surface area (TPSA) is 39.1 Å². The standard InChI is InChI=1S/C16H22ClN3O/c1-4-8-20-16(15(21-3)11-19-20)14(18-2)10-12-6-5-7-13(17)9-12/h5-7,9,11,14,18H,4,8,10H2,1-3H3. The van der Waals surface area contributed by atoms with Crippen LogP contribution in [0.15, 0.2) is 30.5 Å². The van der Waals surface area contributed by atoms with Crippen LogP contribution in [0.2, 0.25) is 5.02 Å². The number of hydrogen-bond donors (Lipinski definition) is 1. The van der Waals surface area contributed by atoms with Crippen molar-refractivity contribution in [3.8, 4) is 5.75 Å². The molecule has 0 fully saturated rings. The molecule has 2 aromatic rings. The molecule has 0 spiro atoms. The first kappa shape index (κ1) is 15.9. The van der Waals surface area contributed by atoms with Gasteiger partial charge in [-0.15, -0.1) is 0 Å². The van der Waals surface area contributed by atoms with E-state index < -0.39 is 0 Å². The molecular formula is C16H22ClN3O. The van der Waals surface area contributed by atoms with Crippen molar-refractivity contribution in [2.75, 3.05) is 14.2 Å². The summed E-state index contributed by atoms with van der Waals surface area (Å²) >= 11 is 6.07. The number of nitrogens with zero attached hydrogens (tertiary/aromatic N) is 2. The molecule has 1 unspecified atom stereocenters. The molecule has 114 valence electrons. The van der Waals surface area contributed by atoms with Gasteiger partial charge in [-0.05, 0) is 37.6 Å². The molecular weight excluding hydrogens is 286 g/mol. The molecule has 5 heteroatoms. The van der Waals surface area contributed by atoms with Gasteiger partial charge in [0.1, 0.15) is 0 Å². The van der Waals surface area contributed by atoms with Crippen molar-refractivity contribution in [2.24, 2.45) is 0 Å². The number of halogens is 1. The van der Waals surface area contributed by atoms with Crippen LogP contribution in [0.1, 0.15) is 30.6 Å². The number of benzene rings is 1. The lowest BCUT2D eigenvalue weighted by Gasteiger charge is -2.19. The molecule has 0 aliphatic heterocycles. The highest BCUT2D eigenvalue weighted by Gasteiger charge is 2.21. The highest BCUT2D eigenvalue weighted by atomic mass is 35.5. The molecule has 1 atom stereocenters. The first-order chi connectivity index (χ1) is 10.2. The fourth-order valence-electron chi connectivity index (χ4n) is 2.51. The number of ether oxygens (including phenoxy) is 1. The molecule has 1 aromatic carbocycles. The van der Waals surface area contributed by atoms with Crippen molar-refractivity contribution in [2.45, 2.75) is 32.4 Å². The van der Waals surface area contributed by atoms with Crippen LogP contribution in [0.3, 0.4) is 0 Å². The Morgan fingerprint density at radius 1 is 1.43 bits per heavy atom. The quantitative estimate of drug-likeness (QED) is 0.851. The SMILES string of the molecule is CCCn1ncc(OC)c1C(Cc1cccc(Cl)c1)NC. The van der Waals surface area contributed by atoms with Crippen LogP contribution in [-0.4, -0.2) is 23.9 Å². The molecule has 1 heterocycles. The number of aromatic nitrogens is 2. The predicted octanol–water partition coefficient (Wildman–Crippen LogP) is 3.46. The molecule has 0 saturated carbocycles. The summed E-state index contributed by atoms with van der Waals surface area (Å²) in [4.78, 5) is 0. The third-order valence-electron chi connectivity index (χ3n) is 3.51. The smallest absolute Gasteiger partial charge is 0.161 e. The van der Waals surface area contributed by atoms with E-state index in [2.05, 4.69) is 23.4 Å². The van der Waals surface area contributed by atoms with Crippen LogP contribution < -0.4 is 10.1 Å². The van der Waals surface area contributed by atoms with Crippen LogP contribution in [-0.2, 0) is 13.0 Å². The van der Waals surface area contributed by atoms with Crippen LogP contribution in [0.5, 0.6) is 5.75 Å². The maximum absolute atomic E-state index is 6.07. The second kappa shape index (κ2) is 7.48. The van der Waals surface area contributed by atoms with Gasteiger partial charge in [-0.1, -0.05) is 30.7 Å². The summed E-state index contributed by atoms with van der Waals surface area (Å²) in [5.74, 6) is 0.824. The zero-order valence-corrected chi connectivity index (χ0v) is 13.5. The van der Waals surface area contributed by atoms with Crippen LogP contribution in [0.25, 0.3) is 0 Å². The summed E-state index contributed by atoms with van der Waals surface area (Å²) in [5, 5.41) is 8.55. The van der Waals surface area contributed by atoms with Gasteiger partial charge in [-0.25, -0.2) is 0 Å². The summed E-state index contributed by atoms with van der Waals surface area (Å²) in [6.07, 6.45) is 3.65. The molecule has 0 radical (unpaired) electrons. The van der Waals surface area contributed by atoms with Crippen molar-refractivity contribution < 1.29 is 4.74 Å². The number of rotatable bonds is 7. The number of aryl methyl sites for hydroxylation is 1. The Kier molecular flexibility index (Phi) is 5.65. The lowest BCUT2D eigenvalue weighted by Crippen LogP contribution is -2.23. The zero-order chi connectivity index (χ0) is 15.2. The van der Waals surface area contributed by atoms with Crippen molar-refractivity contribution in [3.05, 3.63) is 46.7 Å². The minimum atomic E-state index is 0.132. The largest absolute Gasteiger partial charge is 0.493 e. The van der Waals surface area contributed by atoms with Crippen LogP contribution in [0, 0.1) is 0 Å². The molecule has 1 N–H and O–H groups in total. The van der Waals surface area contributed by atoms with Crippen LogP contribution >= 0.6 is 11.6 Å². The Labute approximate surface area is 131 Å². The minimum absolute atomic E-state index is 0.132. The zero-order valence-electron chi connectivity index (χ0n) is 12.8. The summed E-state index contributed by atoms with van der Waals surface area (Å²) in [6.45, 7) is 3.02. The summed E-state index contributed by atoms with van der Waals surface area (Å²) in [6, 6.07) is 8.08. The fourth-order valence-corrected chi connectivity index (χ4v) is 2.72. The van der Waals surface area contributed by atoms with E-state index in [0.29, 0.717) is 0 Å². The van der Waals surface area contributed by atoms with Gasteiger partial charge >= 0.3 is 0 Å². The van der Waals surface area contributed by atoms with Gasteiger partial charge in [0.2, 0.25) is 0 Å². The summed E-state index contributed by atoms with van der Waals surface area (Å²) in [5.41, 5.74) is 2.27. The van der Waals surface area contributed by atoms with E-state index in [4.69, 9.17) is 16.3 Å². The summed E-state index contributed by atoms with van der Waals surface area (Å²) in [7, 11) is 3.64. The van der Waals surface area contributed by atoms with Gasteiger partial charge in [0.05, 0.1) is 25.0 Å². The van der Waals surface area contributed by atoms with Crippen molar-refractivity contribution in [1.29, 1.82) is 0 Å². The van der Waals surface area contributed by atoms with Gasteiger partial charge in [-0.2, -0.15) is 5.10 Å². The number of hydrogen-bond acceptors (Lipinski definition) is 3. The Balaban J connectivity index is 2.30. The second-order valence-corrected chi connectivity index (χ2v) is 5.43. The van der Waals surface area contributed by atoms with Gasteiger partial charge in [-0.3, -0.25) is 4.68 Å². The first-order valence-corrected chi connectivity index (χ1v) is 7.58. The minimum Gasteiger partial charge on any atom is -0.493 e. The Bertz CT molecular complexity index is 583. The second-order valence-electron chi connectivity index (χ2n) is 5.00. The van der Waals surface area contributed by atoms with Crippen molar-refractivity contribution in [3.63, 3.8) is 0 Å². The molecule has 2 rings (SSSR count). The fraction of sp³-hybridized carbons (Fsp3) is 0.438. The van der Waals surface area contributed by atoms with Gasteiger partial charge in [0.15, 0.2) is 5.75 Å². The first-order valence-electron chi connectivity index (χ1n) is 7.21. The van der Waals surface area contributed by atoms with Crippen molar-refractivity contribution >= 4 is 11.6 Å². The Hall–Kier alpha value is -1.52. The molecule has 0 bridgehead atoms. The van der Waals surface area contributed by atoms with E-state index in [0.717, 1.165) is 35.9 Å². The van der Waals surface area contributed by atoms with Gasteiger partial charge in [0.25, 0.3) is 0 Å². The molecule has 1 aromatic heterocycles. The predicted molar refractivity (Wildman–Crippen MR) is 86.0 cm³/mol.